The van der Waals surface area contributed by atoms with Crippen LogP contribution in [0.25, 0.3) is 16.9 Å². The molecule has 0 saturated heterocycles. The van der Waals surface area contributed by atoms with Crippen molar-refractivity contribution in [3.05, 3.63) is 66.4 Å². The highest BCUT2D eigenvalue weighted by Crippen LogP contribution is 2.19. The van der Waals surface area contributed by atoms with Gasteiger partial charge < -0.3 is 0 Å². The maximum absolute atomic E-state index is 4.23. The monoisotopic (exact) mass is 263 g/mol. The summed E-state index contributed by atoms with van der Waals surface area (Å²) in [6.07, 6.45) is 1.96. The minimum absolute atomic E-state index is 0.541. The Bertz CT molecular complexity index is 682. The number of nitrogens with zero attached hydrogens (tertiary/aromatic N) is 3. The van der Waals surface area contributed by atoms with Gasteiger partial charge in [0.15, 0.2) is 0 Å². The molecule has 20 heavy (non-hydrogen) atoms. The van der Waals surface area contributed by atoms with Gasteiger partial charge in [-0.25, -0.2) is 4.68 Å². The van der Waals surface area contributed by atoms with Crippen LogP contribution in [0, 0.1) is 0 Å². The van der Waals surface area contributed by atoms with Crippen LogP contribution in [0.1, 0.15) is 25.3 Å². The molecular formula is C17H17N3. The Kier molecular flexibility index (Phi) is 3.33. The van der Waals surface area contributed by atoms with Crippen molar-refractivity contribution >= 4 is 0 Å². The lowest BCUT2D eigenvalue weighted by Crippen LogP contribution is -1.95. The van der Waals surface area contributed by atoms with Crippen molar-refractivity contribution in [3.8, 4) is 16.9 Å². The molecule has 0 atom stereocenters. The van der Waals surface area contributed by atoms with Gasteiger partial charge in [0.2, 0.25) is 0 Å². The second-order valence-electron chi connectivity index (χ2n) is 5.16. The Labute approximate surface area is 118 Å². The molecule has 0 unspecified atom stereocenters. The van der Waals surface area contributed by atoms with Crippen LogP contribution in [0.2, 0.25) is 0 Å². The zero-order chi connectivity index (χ0) is 13.9. The van der Waals surface area contributed by atoms with Crippen LogP contribution in [0.3, 0.4) is 0 Å². The van der Waals surface area contributed by atoms with Gasteiger partial charge in [0.1, 0.15) is 5.69 Å². The third-order valence-electron chi connectivity index (χ3n) is 3.39. The van der Waals surface area contributed by atoms with E-state index in [-0.39, 0.29) is 0 Å². The van der Waals surface area contributed by atoms with Crippen LogP contribution < -0.4 is 0 Å². The van der Waals surface area contributed by atoms with E-state index in [0.717, 1.165) is 16.9 Å². The van der Waals surface area contributed by atoms with Crippen molar-refractivity contribution in [1.29, 1.82) is 0 Å². The first-order valence-electron chi connectivity index (χ1n) is 6.82. The van der Waals surface area contributed by atoms with Crippen molar-refractivity contribution in [3.63, 3.8) is 0 Å². The topological polar surface area (TPSA) is 30.7 Å². The first kappa shape index (κ1) is 12.6. The molecule has 0 saturated carbocycles. The van der Waals surface area contributed by atoms with Crippen LogP contribution in [0.15, 0.2) is 60.8 Å². The summed E-state index contributed by atoms with van der Waals surface area (Å²) in [4.78, 5) is 0. The normalized spacial score (nSPS) is 10.9. The van der Waals surface area contributed by atoms with Crippen LogP contribution in [0.5, 0.6) is 0 Å². The lowest BCUT2D eigenvalue weighted by atomic mass is 10.0. The Morgan fingerprint density at radius 3 is 2.25 bits per heavy atom. The summed E-state index contributed by atoms with van der Waals surface area (Å²) in [6, 6.07) is 18.5. The zero-order valence-corrected chi connectivity index (χ0v) is 11.7. The maximum atomic E-state index is 4.23. The molecule has 0 aliphatic rings. The fourth-order valence-electron chi connectivity index (χ4n) is 2.14. The van der Waals surface area contributed by atoms with Gasteiger partial charge in [-0.2, -0.15) is 0 Å². The minimum atomic E-state index is 0.541. The molecule has 0 amide bonds. The molecule has 1 aromatic heterocycles. The van der Waals surface area contributed by atoms with Crippen LogP contribution >= 0.6 is 0 Å². The molecule has 0 radical (unpaired) electrons. The molecule has 0 N–H and O–H groups in total. The third-order valence-corrected chi connectivity index (χ3v) is 3.39. The van der Waals surface area contributed by atoms with E-state index in [1.807, 2.05) is 41.2 Å². The fraction of sp³-hybridized carbons (Fsp3) is 0.176. The molecule has 3 rings (SSSR count). The Morgan fingerprint density at radius 2 is 1.60 bits per heavy atom. The average molecular weight is 263 g/mol. The van der Waals surface area contributed by atoms with Gasteiger partial charge in [0.05, 0.1) is 11.9 Å². The molecule has 0 fully saturated rings. The molecule has 3 nitrogen and oxygen atoms in total. The van der Waals surface area contributed by atoms with E-state index in [1.165, 1.54) is 5.56 Å². The van der Waals surface area contributed by atoms with Gasteiger partial charge >= 0.3 is 0 Å². The highest BCUT2D eigenvalue weighted by molar-refractivity contribution is 5.57. The summed E-state index contributed by atoms with van der Waals surface area (Å²) in [5.74, 6) is 0.541. The SMILES string of the molecule is CC(C)c1ccc(-n2cc(-c3ccccc3)nn2)cc1. The second-order valence-corrected chi connectivity index (χ2v) is 5.16. The van der Waals surface area contributed by atoms with Crippen molar-refractivity contribution < 1.29 is 0 Å². The summed E-state index contributed by atoms with van der Waals surface area (Å²) in [5, 5.41) is 8.44. The third kappa shape index (κ3) is 2.48. The van der Waals surface area contributed by atoms with E-state index < -0.39 is 0 Å². The van der Waals surface area contributed by atoms with Crippen LogP contribution in [-0.2, 0) is 0 Å². The molecule has 3 aromatic rings. The van der Waals surface area contributed by atoms with Gasteiger partial charge in [-0.15, -0.1) is 5.10 Å². The summed E-state index contributed by atoms with van der Waals surface area (Å²) in [5.41, 5.74) is 4.33. The van der Waals surface area contributed by atoms with Crippen molar-refractivity contribution in [1.82, 2.24) is 15.0 Å². The summed E-state index contributed by atoms with van der Waals surface area (Å²) in [7, 11) is 0. The van der Waals surface area contributed by atoms with Gasteiger partial charge in [-0.05, 0) is 23.6 Å². The van der Waals surface area contributed by atoms with Crippen LogP contribution in [0.4, 0.5) is 0 Å². The molecule has 2 aromatic carbocycles. The maximum Gasteiger partial charge on any atom is 0.113 e. The quantitative estimate of drug-likeness (QED) is 0.713. The number of hydrogen-bond donors (Lipinski definition) is 0. The van der Waals surface area contributed by atoms with Gasteiger partial charge in [0.25, 0.3) is 0 Å². The van der Waals surface area contributed by atoms with Gasteiger partial charge in [-0.3, -0.25) is 0 Å². The Balaban J connectivity index is 1.90. The fourth-order valence-corrected chi connectivity index (χ4v) is 2.14. The lowest BCUT2D eigenvalue weighted by Gasteiger charge is -2.06. The molecule has 1 heterocycles. The number of rotatable bonds is 3. The number of benzene rings is 2. The first-order chi connectivity index (χ1) is 9.74. The summed E-state index contributed by atoms with van der Waals surface area (Å²) in [6.45, 7) is 4.38. The smallest absolute Gasteiger partial charge is 0.113 e. The van der Waals surface area contributed by atoms with Gasteiger partial charge in [-0.1, -0.05) is 61.5 Å². The van der Waals surface area contributed by atoms with E-state index in [1.54, 1.807) is 0 Å². The minimum Gasteiger partial charge on any atom is -0.220 e. The molecule has 0 bridgehead atoms. The second kappa shape index (κ2) is 5.29. The van der Waals surface area contributed by atoms with Crippen LogP contribution in [-0.4, -0.2) is 15.0 Å². The highest BCUT2D eigenvalue weighted by Gasteiger charge is 2.05. The largest absolute Gasteiger partial charge is 0.220 e. The molecule has 0 spiro atoms. The van der Waals surface area contributed by atoms with E-state index in [2.05, 4.69) is 48.4 Å². The van der Waals surface area contributed by atoms with E-state index in [9.17, 15) is 0 Å². The van der Waals surface area contributed by atoms with Gasteiger partial charge in [0, 0.05) is 5.56 Å². The highest BCUT2D eigenvalue weighted by atomic mass is 15.4. The Morgan fingerprint density at radius 1 is 0.900 bits per heavy atom. The number of aromatic nitrogens is 3. The zero-order valence-electron chi connectivity index (χ0n) is 11.7. The standard InChI is InChI=1S/C17H17N3/c1-13(2)14-8-10-16(11-9-14)20-12-17(18-19-20)15-6-4-3-5-7-15/h3-13H,1-2H3. The molecular weight excluding hydrogens is 246 g/mol. The predicted molar refractivity (Wildman–Crippen MR) is 80.9 cm³/mol. The first-order valence-corrected chi connectivity index (χ1v) is 6.82. The van der Waals surface area contributed by atoms with E-state index >= 15 is 0 Å². The van der Waals surface area contributed by atoms with Crippen molar-refractivity contribution in [2.24, 2.45) is 0 Å². The molecule has 0 aliphatic heterocycles. The number of hydrogen-bond acceptors (Lipinski definition) is 2. The predicted octanol–water partition coefficient (Wildman–Crippen LogP) is 4.06. The average Bonchev–Trinajstić information content (AvgIpc) is 2.98. The summed E-state index contributed by atoms with van der Waals surface area (Å²) < 4.78 is 1.81. The van der Waals surface area contributed by atoms with E-state index in [0.29, 0.717) is 5.92 Å². The molecule has 3 heteroatoms. The molecule has 100 valence electrons. The summed E-state index contributed by atoms with van der Waals surface area (Å²) >= 11 is 0. The van der Waals surface area contributed by atoms with E-state index in [4.69, 9.17) is 0 Å². The van der Waals surface area contributed by atoms with Crippen molar-refractivity contribution in [2.45, 2.75) is 19.8 Å². The molecule has 0 aliphatic carbocycles. The van der Waals surface area contributed by atoms with Crippen molar-refractivity contribution in [2.75, 3.05) is 0 Å². The lowest BCUT2D eigenvalue weighted by molar-refractivity contribution is 0.800. The Hall–Kier alpha value is -2.42.